The summed E-state index contributed by atoms with van der Waals surface area (Å²) in [6, 6.07) is 54.3. The molecule has 0 nitrogen and oxygen atoms in total. The molecule has 0 bridgehead atoms. The third-order valence-corrected chi connectivity index (χ3v) is 16.7. The number of aryl methyl sites for hydroxylation is 2. The van der Waals surface area contributed by atoms with Gasteiger partial charge in [-0.05, 0) is 197 Å². The van der Waals surface area contributed by atoms with E-state index in [2.05, 4.69) is 205 Å². The van der Waals surface area contributed by atoms with Crippen LogP contribution in [0.15, 0.2) is 181 Å². The van der Waals surface area contributed by atoms with Gasteiger partial charge in [-0.1, -0.05) is 188 Å². The average molecular weight is 859 g/mol. The number of fused-ring (bicyclic) bond motifs is 11. The summed E-state index contributed by atoms with van der Waals surface area (Å²) in [4.78, 5) is 0. The lowest BCUT2D eigenvalue weighted by Gasteiger charge is -2.34. The molecule has 5 atom stereocenters. The molecule has 5 aliphatic rings. The summed E-state index contributed by atoms with van der Waals surface area (Å²) < 4.78 is 0. The van der Waals surface area contributed by atoms with Gasteiger partial charge in [0.05, 0.1) is 0 Å². The minimum atomic E-state index is 0.389. The van der Waals surface area contributed by atoms with Crippen molar-refractivity contribution in [1.29, 1.82) is 0 Å². The van der Waals surface area contributed by atoms with Gasteiger partial charge in [-0.25, -0.2) is 0 Å². The molecule has 0 N–H and O–H groups in total. The van der Waals surface area contributed by atoms with Crippen molar-refractivity contribution < 1.29 is 0 Å². The molecule has 0 heterocycles. The van der Waals surface area contributed by atoms with Crippen LogP contribution in [0.2, 0.25) is 0 Å². The summed E-state index contributed by atoms with van der Waals surface area (Å²) >= 11 is 0. The largest absolute Gasteiger partial charge is 0.0882 e. The minimum absolute atomic E-state index is 0.389. The first kappa shape index (κ1) is 39.2. The molecule has 0 aromatic heterocycles. The van der Waals surface area contributed by atoms with Crippen molar-refractivity contribution in [2.24, 2.45) is 17.8 Å². The van der Waals surface area contributed by atoms with Gasteiger partial charge in [0.2, 0.25) is 0 Å². The van der Waals surface area contributed by atoms with Crippen LogP contribution in [-0.2, 0) is 0 Å². The zero-order chi connectivity index (χ0) is 44.8. The van der Waals surface area contributed by atoms with Gasteiger partial charge in [0.25, 0.3) is 0 Å². The molecule has 0 radical (unpaired) electrons. The van der Waals surface area contributed by atoms with Gasteiger partial charge >= 0.3 is 0 Å². The van der Waals surface area contributed by atoms with Crippen molar-refractivity contribution in [2.45, 2.75) is 65.7 Å². The first-order valence-corrected chi connectivity index (χ1v) is 24.9. The second-order valence-corrected chi connectivity index (χ2v) is 20.9. The molecule has 322 valence electrons. The Balaban J connectivity index is 1.22. The van der Waals surface area contributed by atoms with Crippen LogP contribution in [0, 0.1) is 31.6 Å². The molecule has 0 fully saturated rings. The van der Waals surface area contributed by atoms with E-state index in [0.717, 1.165) is 19.3 Å². The molecular formula is C67H54. The molecule has 0 spiro atoms. The van der Waals surface area contributed by atoms with Gasteiger partial charge in [-0.3, -0.25) is 0 Å². The molecule has 14 rings (SSSR count). The molecule has 9 aromatic carbocycles. The van der Waals surface area contributed by atoms with E-state index in [4.69, 9.17) is 0 Å². The molecule has 4 unspecified atom stereocenters. The maximum Gasteiger partial charge on any atom is 0.00298 e. The smallest absolute Gasteiger partial charge is 0.00298 e. The molecule has 5 aliphatic carbocycles. The quantitative estimate of drug-likeness (QED) is 0.122. The van der Waals surface area contributed by atoms with Crippen LogP contribution in [0.3, 0.4) is 0 Å². The fraction of sp³-hybridized carbons (Fsp3) is 0.194. The highest BCUT2D eigenvalue weighted by Crippen LogP contribution is 2.64. The average Bonchev–Trinajstić information content (AvgIpc) is 3.82. The molecule has 0 aliphatic heterocycles. The van der Waals surface area contributed by atoms with Crippen molar-refractivity contribution in [3.8, 4) is 55.6 Å². The fourth-order valence-corrected chi connectivity index (χ4v) is 14.4. The van der Waals surface area contributed by atoms with Crippen LogP contribution in [0.5, 0.6) is 0 Å². The second kappa shape index (κ2) is 14.5. The van der Waals surface area contributed by atoms with Gasteiger partial charge in [-0.15, -0.1) is 0 Å². The van der Waals surface area contributed by atoms with E-state index in [1.807, 2.05) is 0 Å². The maximum absolute atomic E-state index is 2.58. The van der Waals surface area contributed by atoms with Gasteiger partial charge in [-0.2, -0.15) is 0 Å². The Morgan fingerprint density at radius 2 is 1.06 bits per heavy atom. The standard InChI is InChI=1S/C67H54/c1-37-29-45-30-38(2)34-53-56(45)52(33-37)64-58(42-18-9-6-10-19-42)50-27-25-49-48(62(50)59(65(53)64)43-20-11-7-12-21-43)26-28-51-61(47-24-16-15-17-41(47)5)67-55-36-40(4)32-46-31-39(3)35-54(57(46)55)66(67)60(63(49)51)44-22-13-8-14-23-44/h6-15,17-23,25-33,35-36,41,45,47,53,56H,16,24,34H2,1-5H3/t41?,45-,47?,53?,56?/m0/s1. The highest BCUT2D eigenvalue weighted by Gasteiger charge is 2.47. The molecular weight excluding hydrogens is 805 g/mol. The Morgan fingerprint density at radius 1 is 0.478 bits per heavy atom. The Labute approximate surface area is 394 Å². The van der Waals surface area contributed by atoms with Crippen LogP contribution in [0.1, 0.15) is 79.7 Å². The van der Waals surface area contributed by atoms with E-state index in [9.17, 15) is 0 Å². The van der Waals surface area contributed by atoms with Crippen molar-refractivity contribution in [3.63, 3.8) is 0 Å². The minimum Gasteiger partial charge on any atom is -0.0882 e. The van der Waals surface area contributed by atoms with E-state index in [1.165, 1.54) is 132 Å². The monoisotopic (exact) mass is 858 g/mol. The predicted molar refractivity (Wildman–Crippen MR) is 287 cm³/mol. The lowest BCUT2D eigenvalue weighted by atomic mass is 9.69. The normalized spacial score (nSPS) is 21.1. The van der Waals surface area contributed by atoms with Gasteiger partial charge in [0, 0.05) is 11.8 Å². The van der Waals surface area contributed by atoms with E-state index < -0.39 is 0 Å². The van der Waals surface area contributed by atoms with Crippen LogP contribution >= 0.6 is 0 Å². The number of hydrogen-bond donors (Lipinski definition) is 0. The van der Waals surface area contributed by atoms with E-state index >= 15 is 0 Å². The highest BCUT2D eigenvalue weighted by atomic mass is 14.5. The SMILES string of the molecule is CC1=C[C@H]2C=C(C)CC3c4c(c(-c5ccccc5)c5ccc6c(ccc7c(C8CCC=CC8C)c8c(c(-c9ccccc9)c76)-c6cc(C)cc7cc(C)cc-8c67)c5c4-c4ccccc4)C(=C1)C32. The fourth-order valence-electron chi connectivity index (χ4n) is 14.4. The van der Waals surface area contributed by atoms with Crippen molar-refractivity contribution >= 4 is 48.7 Å². The number of rotatable bonds is 4. The summed E-state index contributed by atoms with van der Waals surface area (Å²) in [6.45, 7) is 11.7. The lowest BCUT2D eigenvalue weighted by Crippen LogP contribution is -2.23. The van der Waals surface area contributed by atoms with E-state index in [0.29, 0.717) is 29.6 Å². The van der Waals surface area contributed by atoms with Crippen molar-refractivity contribution in [1.82, 2.24) is 0 Å². The molecule has 67 heavy (non-hydrogen) atoms. The van der Waals surface area contributed by atoms with E-state index in [1.54, 1.807) is 11.1 Å². The first-order valence-electron chi connectivity index (χ1n) is 24.9. The summed E-state index contributed by atoms with van der Waals surface area (Å²) in [7, 11) is 0. The second-order valence-electron chi connectivity index (χ2n) is 20.9. The molecule has 0 saturated carbocycles. The first-order chi connectivity index (χ1) is 32.8. The zero-order valence-electron chi connectivity index (χ0n) is 39.2. The van der Waals surface area contributed by atoms with E-state index in [-0.39, 0.29) is 0 Å². The Hall–Kier alpha value is -7.02. The third-order valence-electron chi connectivity index (χ3n) is 16.7. The topological polar surface area (TPSA) is 0 Å². The Bertz CT molecular complexity index is 3750. The molecule has 9 aromatic rings. The van der Waals surface area contributed by atoms with Crippen molar-refractivity contribution in [3.05, 3.63) is 209 Å². The van der Waals surface area contributed by atoms with Gasteiger partial charge in [0.1, 0.15) is 0 Å². The Morgan fingerprint density at radius 3 is 1.72 bits per heavy atom. The molecule has 0 heteroatoms. The predicted octanol–water partition coefficient (Wildman–Crippen LogP) is 18.7. The zero-order valence-corrected chi connectivity index (χ0v) is 39.2. The summed E-state index contributed by atoms with van der Waals surface area (Å²) in [6.07, 6.45) is 15.9. The molecule has 0 saturated heterocycles. The summed E-state index contributed by atoms with van der Waals surface area (Å²) in [5.41, 5.74) is 25.4. The van der Waals surface area contributed by atoms with Gasteiger partial charge in [0.15, 0.2) is 0 Å². The lowest BCUT2D eigenvalue weighted by molar-refractivity contribution is 0.445. The number of benzene rings is 9. The van der Waals surface area contributed by atoms with Gasteiger partial charge < -0.3 is 0 Å². The summed E-state index contributed by atoms with van der Waals surface area (Å²) in [5.74, 6) is 2.03. The van der Waals surface area contributed by atoms with Crippen LogP contribution < -0.4 is 0 Å². The third kappa shape index (κ3) is 5.54. The van der Waals surface area contributed by atoms with Crippen LogP contribution in [0.25, 0.3) is 104 Å². The highest BCUT2D eigenvalue weighted by molar-refractivity contribution is 6.32. The molecule has 0 amide bonds. The number of allylic oxidation sites excluding steroid dienone is 8. The van der Waals surface area contributed by atoms with Crippen molar-refractivity contribution in [2.75, 3.05) is 0 Å². The van der Waals surface area contributed by atoms with Crippen LogP contribution in [-0.4, -0.2) is 0 Å². The Kier molecular flexibility index (Phi) is 8.47. The maximum atomic E-state index is 2.58. The van der Waals surface area contributed by atoms with Crippen LogP contribution in [0.4, 0.5) is 0 Å². The summed E-state index contributed by atoms with van der Waals surface area (Å²) in [5, 5.41) is 11.0. The number of hydrogen-bond acceptors (Lipinski definition) is 0.